The minimum atomic E-state index is -1.91. The molecule has 0 aliphatic carbocycles. The normalized spacial score (nSPS) is 26.4. The molecule has 0 bridgehead atoms. The Hall–Kier alpha value is -1.57. The minimum absolute atomic E-state index is 0.207. The highest BCUT2D eigenvalue weighted by molar-refractivity contribution is 8.00. The number of benzene rings is 1. The smallest absolute Gasteiger partial charge is 0.222 e. The minimum Gasteiger partial charge on any atom is -0.388 e. The third-order valence-corrected chi connectivity index (χ3v) is 9.88. The van der Waals surface area contributed by atoms with Crippen molar-refractivity contribution >= 4 is 43.8 Å². The van der Waals surface area contributed by atoms with Crippen molar-refractivity contribution in [3.8, 4) is 0 Å². The van der Waals surface area contributed by atoms with Crippen molar-refractivity contribution in [1.82, 2.24) is 15.1 Å². The summed E-state index contributed by atoms with van der Waals surface area (Å²) >= 11 is 6.29. The number of H-pyrrole nitrogens is 1. The average Bonchev–Trinajstić information content (AvgIpc) is 3.22. The standard InChI is InChI=1S/C24H34ClN3O3S/c1-24(2,23(30)20-14-19(25)13-17-15-26-27-22(17)20)18-4-8-28(9-5-18)21(29)12-16-6-10-32(3,31)11-7-16/h13-16,18,23,30H,3-12H2,1-2H3,(H,26,27)/t16?,23-,32?/m1/s1. The van der Waals surface area contributed by atoms with Gasteiger partial charge in [0, 0.05) is 47.0 Å². The number of aromatic nitrogens is 2. The molecule has 1 atom stereocenters. The van der Waals surface area contributed by atoms with Gasteiger partial charge >= 0.3 is 0 Å². The van der Waals surface area contributed by atoms with Gasteiger partial charge in [0.25, 0.3) is 0 Å². The summed E-state index contributed by atoms with van der Waals surface area (Å²) in [4.78, 5) is 14.8. The molecule has 0 spiro atoms. The highest BCUT2D eigenvalue weighted by Gasteiger charge is 2.40. The summed E-state index contributed by atoms with van der Waals surface area (Å²) in [6.45, 7) is 5.63. The fourth-order valence-corrected chi connectivity index (χ4v) is 7.31. The zero-order chi connectivity index (χ0) is 23.1. The zero-order valence-electron chi connectivity index (χ0n) is 19.0. The fraction of sp³-hybridized carbons (Fsp3) is 0.625. The van der Waals surface area contributed by atoms with E-state index in [0.717, 1.165) is 42.1 Å². The molecule has 0 saturated carbocycles. The molecule has 32 heavy (non-hydrogen) atoms. The van der Waals surface area contributed by atoms with E-state index in [4.69, 9.17) is 11.6 Å². The van der Waals surface area contributed by atoms with Gasteiger partial charge in [-0.05, 0) is 70.5 Å². The molecule has 2 fully saturated rings. The molecule has 176 valence electrons. The van der Waals surface area contributed by atoms with E-state index in [2.05, 4.69) is 29.9 Å². The summed E-state index contributed by atoms with van der Waals surface area (Å²) in [5, 5.41) is 19.9. The Bertz CT molecular complexity index is 1070. The Morgan fingerprint density at radius 1 is 1.31 bits per heavy atom. The van der Waals surface area contributed by atoms with Crippen LogP contribution in [-0.2, 0) is 14.3 Å². The molecule has 2 aliphatic rings. The van der Waals surface area contributed by atoms with Crippen LogP contribution in [0.2, 0.25) is 5.02 Å². The lowest BCUT2D eigenvalue weighted by molar-refractivity contribution is -0.134. The van der Waals surface area contributed by atoms with Gasteiger partial charge in [-0.1, -0.05) is 25.4 Å². The van der Waals surface area contributed by atoms with Gasteiger partial charge in [-0.25, -0.2) is 0 Å². The monoisotopic (exact) mass is 479 g/mol. The number of aliphatic hydroxyl groups excluding tert-OH is 1. The molecule has 1 aromatic heterocycles. The maximum Gasteiger partial charge on any atom is 0.222 e. The molecule has 2 saturated heterocycles. The number of nitrogens with one attached hydrogen (secondary N) is 1. The summed E-state index contributed by atoms with van der Waals surface area (Å²) < 4.78 is 12.1. The first-order valence-corrected chi connectivity index (χ1v) is 13.9. The summed E-state index contributed by atoms with van der Waals surface area (Å²) in [6, 6.07) is 3.66. The Kier molecular flexibility index (Phi) is 6.63. The van der Waals surface area contributed by atoms with E-state index >= 15 is 0 Å². The predicted octanol–water partition coefficient (Wildman–Crippen LogP) is 4.03. The van der Waals surface area contributed by atoms with Crippen LogP contribution >= 0.6 is 11.6 Å². The van der Waals surface area contributed by atoms with Gasteiger partial charge in [0.1, 0.15) is 0 Å². The summed E-state index contributed by atoms with van der Waals surface area (Å²) in [6.07, 6.45) is 4.97. The van der Waals surface area contributed by atoms with Gasteiger partial charge in [0.2, 0.25) is 5.91 Å². The molecule has 8 heteroatoms. The third kappa shape index (κ3) is 4.85. The van der Waals surface area contributed by atoms with E-state index in [-0.39, 0.29) is 17.2 Å². The van der Waals surface area contributed by atoms with Crippen LogP contribution in [0.25, 0.3) is 10.9 Å². The molecule has 2 aromatic rings. The largest absolute Gasteiger partial charge is 0.388 e. The Balaban J connectivity index is 1.37. The number of fused-ring (bicyclic) bond motifs is 1. The van der Waals surface area contributed by atoms with E-state index in [1.165, 1.54) is 0 Å². The third-order valence-electron chi connectivity index (χ3n) is 7.70. The second-order valence-electron chi connectivity index (χ2n) is 10.2. The molecule has 6 nitrogen and oxygen atoms in total. The predicted molar refractivity (Wildman–Crippen MR) is 131 cm³/mol. The molecular formula is C24H34ClN3O3S. The number of hydrogen-bond acceptors (Lipinski definition) is 4. The Morgan fingerprint density at radius 2 is 1.97 bits per heavy atom. The zero-order valence-corrected chi connectivity index (χ0v) is 20.6. The molecular weight excluding hydrogens is 446 g/mol. The first-order valence-electron chi connectivity index (χ1n) is 11.5. The summed E-state index contributed by atoms with van der Waals surface area (Å²) in [5.74, 6) is 5.92. The molecule has 1 amide bonds. The lowest BCUT2D eigenvalue weighted by atomic mass is 9.68. The van der Waals surface area contributed by atoms with Crippen LogP contribution in [0, 0.1) is 17.3 Å². The van der Waals surface area contributed by atoms with Crippen LogP contribution in [0.3, 0.4) is 0 Å². The topological polar surface area (TPSA) is 86.3 Å². The van der Waals surface area contributed by atoms with Gasteiger partial charge in [-0.15, -0.1) is 0 Å². The van der Waals surface area contributed by atoms with E-state index in [1.54, 1.807) is 6.20 Å². The van der Waals surface area contributed by atoms with Crippen molar-refractivity contribution in [1.29, 1.82) is 0 Å². The van der Waals surface area contributed by atoms with Gasteiger partial charge in [0.05, 0.1) is 17.8 Å². The van der Waals surface area contributed by atoms with Gasteiger partial charge < -0.3 is 10.0 Å². The van der Waals surface area contributed by atoms with E-state index in [9.17, 15) is 14.1 Å². The highest BCUT2D eigenvalue weighted by atomic mass is 35.5. The van der Waals surface area contributed by atoms with Crippen LogP contribution < -0.4 is 0 Å². The number of carbonyl (C=O) groups excluding carboxylic acids is 1. The number of rotatable bonds is 5. The number of hydrogen-bond donors (Lipinski definition) is 2. The Labute approximate surface area is 195 Å². The molecule has 3 heterocycles. The molecule has 2 N–H and O–H groups in total. The molecule has 1 aromatic carbocycles. The van der Waals surface area contributed by atoms with E-state index in [0.29, 0.717) is 42.0 Å². The number of aliphatic hydroxyl groups is 1. The maximum atomic E-state index is 12.9. The van der Waals surface area contributed by atoms with E-state index in [1.807, 2.05) is 17.0 Å². The van der Waals surface area contributed by atoms with Gasteiger partial charge in [0.15, 0.2) is 0 Å². The van der Waals surface area contributed by atoms with Crippen LogP contribution in [0.5, 0.6) is 0 Å². The lowest BCUT2D eigenvalue weighted by Crippen LogP contribution is -2.44. The fourth-order valence-electron chi connectivity index (χ4n) is 5.35. The van der Waals surface area contributed by atoms with Crippen LogP contribution in [0.15, 0.2) is 18.3 Å². The first-order chi connectivity index (χ1) is 15.1. The number of nitrogens with zero attached hydrogens (tertiary/aromatic N) is 2. The van der Waals surface area contributed by atoms with Gasteiger partial charge in [-0.2, -0.15) is 5.10 Å². The van der Waals surface area contributed by atoms with Crippen molar-refractivity contribution in [2.45, 2.75) is 52.1 Å². The summed E-state index contributed by atoms with van der Waals surface area (Å²) in [7, 11) is -1.91. The lowest BCUT2D eigenvalue weighted by Gasteiger charge is -2.43. The number of halogens is 1. The van der Waals surface area contributed by atoms with Crippen LogP contribution in [0.1, 0.15) is 57.6 Å². The van der Waals surface area contributed by atoms with Crippen molar-refractivity contribution in [3.05, 3.63) is 28.9 Å². The average molecular weight is 480 g/mol. The number of amides is 1. The first kappa shape index (κ1) is 23.6. The van der Waals surface area contributed by atoms with Crippen molar-refractivity contribution in [2.75, 3.05) is 24.6 Å². The molecule has 0 unspecified atom stereocenters. The number of piperidine rings is 1. The number of aromatic amines is 1. The quantitative estimate of drug-likeness (QED) is 0.634. The number of likely N-dealkylation sites (tertiary alicyclic amines) is 1. The maximum absolute atomic E-state index is 12.9. The van der Waals surface area contributed by atoms with Crippen molar-refractivity contribution in [3.63, 3.8) is 0 Å². The second kappa shape index (κ2) is 8.99. The van der Waals surface area contributed by atoms with Crippen molar-refractivity contribution < 1.29 is 14.1 Å². The summed E-state index contributed by atoms with van der Waals surface area (Å²) in [5.41, 5.74) is 1.21. The molecule has 2 aliphatic heterocycles. The van der Waals surface area contributed by atoms with Crippen LogP contribution in [0.4, 0.5) is 0 Å². The number of carbonyl (C=O) groups is 1. The van der Waals surface area contributed by atoms with E-state index < -0.39 is 15.6 Å². The van der Waals surface area contributed by atoms with Crippen LogP contribution in [-0.4, -0.2) is 60.8 Å². The molecule has 0 radical (unpaired) electrons. The Morgan fingerprint density at radius 3 is 2.62 bits per heavy atom. The second-order valence-corrected chi connectivity index (χ2v) is 13.4. The SMILES string of the molecule is C=S1(=O)CCC(CC(=O)N2CCC(C(C)(C)[C@H](O)c3cc(Cl)cc4cn[nH]c34)CC2)CC1. The van der Waals surface area contributed by atoms with Gasteiger partial charge in [-0.3, -0.25) is 14.1 Å². The van der Waals surface area contributed by atoms with Crippen molar-refractivity contribution in [2.24, 2.45) is 17.3 Å². The molecule has 4 rings (SSSR count). The highest BCUT2D eigenvalue weighted by Crippen LogP contribution is 2.46.